The standard InChI is InChI=1S/C20H26N2O3/c1-13(2)19-21-17-10-15(7-8-18(17)25-19)20(23)22(11-14-5-6-14)12-16-4-3-9-24-16/h7-8,10,13-14,16H,3-6,9,11-12H2,1-2H3. The zero-order valence-electron chi connectivity index (χ0n) is 15.0. The highest BCUT2D eigenvalue weighted by molar-refractivity contribution is 5.97. The number of carbonyl (C=O) groups excluding carboxylic acids is 1. The van der Waals surface area contributed by atoms with E-state index in [1.54, 1.807) is 0 Å². The fourth-order valence-corrected chi connectivity index (χ4v) is 3.39. The van der Waals surface area contributed by atoms with Crippen molar-refractivity contribution in [2.75, 3.05) is 19.7 Å². The molecule has 2 heterocycles. The van der Waals surface area contributed by atoms with Crippen LogP contribution in [0.5, 0.6) is 0 Å². The van der Waals surface area contributed by atoms with Crippen LogP contribution in [0, 0.1) is 5.92 Å². The van der Waals surface area contributed by atoms with Crippen LogP contribution < -0.4 is 0 Å². The van der Waals surface area contributed by atoms with E-state index in [0.29, 0.717) is 23.9 Å². The molecule has 1 amide bonds. The third-order valence-electron chi connectivity index (χ3n) is 5.06. The molecule has 0 N–H and O–H groups in total. The van der Waals surface area contributed by atoms with E-state index in [9.17, 15) is 4.79 Å². The molecule has 1 aliphatic heterocycles. The first kappa shape index (κ1) is 16.6. The summed E-state index contributed by atoms with van der Waals surface area (Å²) in [5, 5.41) is 0. The Balaban J connectivity index is 1.56. The van der Waals surface area contributed by atoms with Gasteiger partial charge < -0.3 is 14.1 Å². The quantitative estimate of drug-likeness (QED) is 0.797. The summed E-state index contributed by atoms with van der Waals surface area (Å²) < 4.78 is 11.5. The summed E-state index contributed by atoms with van der Waals surface area (Å²) >= 11 is 0. The smallest absolute Gasteiger partial charge is 0.254 e. The first-order valence-electron chi connectivity index (χ1n) is 9.41. The van der Waals surface area contributed by atoms with Crippen molar-refractivity contribution >= 4 is 17.0 Å². The number of hydrogen-bond acceptors (Lipinski definition) is 4. The maximum Gasteiger partial charge on any atom is 0.254 e. The number of hydrogen-bond donors (Lipinski definition) is 0. The highest BCUT2D eigenvalue weighted by atomic mass is 16.5. The summed E-state index contributed by atoms with van der Waals surface area (Å²) in [6, 6.07) is 5.58. The van der Waals surface area contributed by atoms with Crippen molar-refractivity contribution in [3.05, 3.63) is 29.7 Å². The second kappa shape index (κ2) is 6.79. The largest absolute Gasteiger partial charge is 0.440 e. The lowest BCUT2D eigenvalue weighted by atomic mass is 10.1. The van der Waals surface area contributed by atoms with E-state index >= 15 is 0 Å². The zero-order valence-corrected chi connectivity index (χ0v) is 15.0. The summed E-state index contributed by atoms with van der Waals surface area (Å²) in [7, 11) is 0. The van der Waals surface area contributed by atoms with Crippen LogP contribution in [0.2, 0.25) is 0 Å². The number of fused-ring (bicyclic) bond motifs is 1. The predicted molar refractivity (Wildman–Crippen MR) is 95.7 cm³/mol. The Hall–Kier alpha value is -1.88. The molecule has 2 fully saturated rings. The van der Waals surface area contributed by atoms with E-state index in [4.69, 9.17) is 9.15 Å². The van der Waals surface area contributed by atoms with Crippen molar-refractivity contribution in [3.8, 4) is 0 Å². The van der Waals surface area contributed by atoms with Gasteiger partial charge in [-0.05, 0) is 49.8 Å². The predicted octanol–water partition coefficient (Wildman–Crippen LogP) is 3.98. The minimum absolute atomic E-state index is 0.0818. The molecule has 5 heteroatoms. The molecule has 1 aliphatic carbocycles. The topological polar surface area (TPSA) is 55.6 Å². The van der Waals surface area contributed by atoms with Crippen LogP contribution in [0.15, 0.2) is 22.6 Å². The van der Waals surface area contributed by atoms with Crippen molar-refractivity contribution in [2.24, 2.45) is 5.92 Å². The number of carbonyl (C=O) groups is 1. The Kier molecular flexibility index (Phi) is 4.50. The number of oxazole rings is 1. The van der Waals surface area contributed by atoms with Crippen LogP contribution in [0.1, 0.15) is 61.7 Å². The number of amides is 1. The van der Waals surface area contributed by atoms with Gasteiger partial charge >= 0.3 is 0 Å². The fourth-order valence-electron chi connectivity index (χ4n) is 3.39. The van der Waals surface area contributed by atoms with Gasteiger partial charge in [-0.2, -0.15) is 0 Å². The monoisotopic (exact) mass is 342 g/mol. The van der Waals surface area contributed by atoms with Crippen LogP contribution >= 0.6 is 0 Å². The van der Waals surface area contributed by atoms with Gasteiger partial charge in [0.15, 0.2) is 11.5 Å². The van der Waals surface area contributed by atoms with Crippen molar-refractivity contribution in [2.45, 2.75) is 51.6 Å². The summed E-state index contributed by atoms with van der Waals surface area (Å²) in [4.78, 5) is 19.6. The van der Waals surface area contributed by atoms with E-state index in [-0.39, 0.29) is 17.9 Å². The molecule has 1 aromatic heterocycles. The molecular formula is C20H26N2O3. The summed E-state index contributed by atoms with van der Waals surface area (Å²) in [5.41, 5.74) is 2.20. The van der Waals surface area contributed by atoms with Crippen LogP contribution in [0.4, 0.5) is 0 Å². The molecule has 2 aromatic rings. The molecule has 2 aliphatic rings. The van der Waals surface area contributed by atoms with Crippen molar-refractivity contribution in [1.82, 2.24) is 9.88 Å². The molecule has 5 nitrogen and oxygen atoms in total. The lowest BCUT2D eigenvalue weighted by Crippen LogP contribution is -2.38. The molecule has 0 spiro atoms. The van der Waals surface area contributed by atoms with E-state index < -0.39 is 0 Å². The molecule has 1 aromatic carbocycles. The van der Waals surface area contributed by atoms with Crippen molar-refractivity contribution < 1.29 is 13.9 Å². The molecule has 134 valence electrons. The van der Waals surface area contributed by atoms with Crippen LogP contribution in [-0.2, 0) is 4.74 Å². The first-order chi connectivity index (χ1) is 12.1. The Bertz CT molecular complexity index is 757. The van der Waals surface area contributed by atoms with Gasteiger partial charge in [0.2, 0.25) is 0 Å². The average molecular weight is 342 g/mol. The lowest BCUT2D eigenvalue weighted by Gasteiger charge is -2.25. The SMILES string of the molecule is CC(C)c1nc2cc(C(=O)N(CC3CC3)CC3CCCO3)ccc2o1. The Morgan fingerprint density at radius 1 is 1.28 bits per heavy atom. The molecule has 1 atom stereocenters. The van der Waals surface area contributed by atoms with Gasteiger partial charge in [-0.3, -0.25) is 4.79 Å². The van der Waals surface area contributed by atoms with Crippen molar-refractivity contribution in [3.63, 3.8) is 0 Å². The van der Waals surface area contributed by atoms with Crippen LogP contribution in [0.3, 0.4) is 0 Å². The maximum atomic E-state index is 13.1. The number of nitrogens with zero attached hydrogens (tertiary/aromatic N) is 2. The molecule has 0 bridgehead atoms. The van der Waals surface area contributed by atoms with Gasteiger partial charge in [0.1, 0.15) is 5.52 Å². The molecule has 1 saturated carbocycles. The highest BCUT2D eigenvalue weighted by Gasteiger charge is 2.30. The summed E-state index contributed by atoms with van der Waals surface area (Å²) in [6.45, 7) is 6.46. The molecule has 4 rings (SSSR count). The van der Waals surface area contributed by atoms with Gasteiger partial charge in [0, 0.05) is 31.2 Å². The number of aromatic nitrogens is 1. The Morgan fingerprint density at radius 2 is 2.12 bits per heavy atom. The second-order valence-corrected chi connectivity index (χ2v) is 7.68. The third kappa shape index (κ3) is 3.71. The molecule has 1 unspecified atom stereocenters. The van der Waals surface area contributed by atoms with E-state index in [1.807, 2.05) is 23.1 Å². The molecule has 1 saturated heterocycles. The molecule has 0 radical (unpaired) electrons. The summed E-state index contributed by atoms with van der Waals surface area (Å²) in [6.07, 6.45) is 4.80. The van der Waals surface area contributed by atoms with E-state index in [1.165, 1.54) is 12.8 Å². The second-order valence-electron chi connectivity index (χ2n) is 7.68. The minimum Gasteiger partial charge on any atom is -0.440 e. The van der Waals surface area contributed by atoms with E-state index in [0.717, 1.165) is 37.1 Å². The molecular weight excluding hydrogens is 316 g/mol. The number of ether oxygens (including phenoxy) is 1. The maximum absolute atomic E-state index is 13.1. The third-order valence-corrected chi connectivity index (χ3v) is 5.06. The van der Waals surface area contributed by atoms with E-state index in [2.05, 4.69) is 18.8 Å². The normalized spacial score (nSPS) is 20.5. The van der Waals surface area contributed by atoms with Gasteiger partial charge in [0.05, 0.1) is 6.10 Å². The van der Waals surface area contributed by atoms with Gasteiger partial charge in [-0.1, -0.05) is 13.8 Å². The van der Waals surface area contributed by atoms with Gasteiger partial charge in [-0.15, -0.1) is 0 Å². The van der Waals surface area contributed by atoms with Crippen molar-refractivity contribution in [1.29, 1.82) is 0 Å². The summed E-state index contributed by atoms with van der Waals surface area (Å²) in [5.74, 6) is 1.69. The first-order valence-corrected chi connectivity index (χ1v) is 9.41. The fraction of sp³-hybridized carbons (Fsp3) is 0.600. The minimum atomic E-state index is 0.0818. The average Bonchev–Trinajstić information content (AvgIpc) is 3.10. The lowest BCUT2D eigenvalue weighted by molar-refractivity contribution is 0.0515. The van der Waals surface area contributed by atoms with Gasteiger partial charge in [-0.25, -0.2) is 4.98 Å². The van der Waals surface area contributed by atoms with Crippen LogP contribution in [0.25, 0.3) is 11.1 Å². The van der Waals surface area contributed by atoms with Gasteiger partial charge in [0.25, 0.3) is 5.91 Å². The highest BCUT2D eigenvalue weighted by Crippen LogP contribution is 2.31. The Morgan fingerprint density at radius 3 is 2.80 bits per heavy atom. The number of benzene rings is 1. The van der Waals surface area contributed by atoms with Crippen LogP contribution in [-0.4, -0.2) is 41.6 Å². The zero-order chi connectivity index (χ0) is 17.4. The number of rotatable bonds is 6. The Labute approximate surface area is 148 Å². The molecule has 25 heavy (non-hydrogen) atoms.